The molecule has 0 saturated heterocycles. The molecule has 0 aliphatic rings. The molecular formula is C9H12FNO. The van der Waals surface area contributed by atoms with Crippen molar-refractivity contribution in [1.29, 1.82) is 0 Å². The lowest BCUT2D eigenvalue weighted by Crippen LogP contribution is -2.11. The first-order chi connectivity index (χ1) is 5.65. The monoisotopic (exact) mass is 169 g/mol. The Hall–Kier alpha value is -1.09. The first-order valence-corrected chi connectivity index (χ1v) is 3.76. The van der Waals surface area contributed by atoms with Gasteiger partial charge >= 0.3 is 0 Å². The molecule has 3 N–H and O–H groups in total. The lowest BCUT2D eigenvalue weighted by molar-refractivity contribution is 0.435. The highest BCUT2D eigenvalue weighted by Crippen LogP contribution is 2.20. The smallest absolute Gasteiger partial charge is 0.118 e. The number of aromatic hydroxyl groups is 1. The van der Waals surface area contributed by atoms with Crippen molar-refractivity contribution in [3.05, 3.63) is 29.3 Å². The fourth-order valence-corrected chi connectivity index (χ4v) is 0.998. The number of benzene rings is 1. The summed E-state index contributed by atoms with van der Waals surface area (Å²) in [6, 6.07) is 4.27. The summed E-state index contributed by atoms with van der Waals surface area (Å²) in [5, 5.41) is 9.16. The van der Waals surface area contributed by atoms with Crippen molar-refractivity contribution < 1.29 is 9.50 Å². The van der Waals surface area contributed by atoms with Crippen LogP contribution in [-0.4, -0.2) is 11.8 Å². The summed E-state index contributed by atoms with van der Waals surface area (Å²) >= 11 is 0. The van der Waals surface area contributed by atoms with Crippen molar-refractivity contribution >= 4 is 0 Å². The van der Waals surface area contributed by atoms with Crippen LogP contribution in [-0.2, 0) is 0 Å². The number of rotatable bonds is 2. The molecular weight excluding hydrogens is 157 g/mol. The molecule has 3 heteroatoms. The van der Waals surface area contributed by atoms with Crippen LogP contribution >= 0.6 is 0 Å². The highest BCUT2D eigenvalue weighted by molar-refractivity contribution is 5.36. The van der Waals surface area contributed by atoms with E-state index in [2.05, 4.69) is 0 Å². The molecule has 1 aromatic rings. The van der Waals surface area contributed by atoms with Crippen LogP contribution in [0.3, 0.4) is 0 Å². The molecule has 0 bridgehead atoms. The third kappa shape index (κ3) is 1.74. The number of halogens is 1. The van der Waals surface area contributed by atoms with E-state index in [0.29, 0.717) is 5.56 Å². The standard InChI is InChI=1S/C9H12FNO/c1-6-4-7(8(11)5-10)2-3-9(6)12/h2-4,8,12H,5,11H2,1H3. The average molecular weight is 169 g/mol. The predicted molar refractivity (Wildman–Crippen MR) is 45.7 cm³/mol. The van der Waals surface area contributed by atoms with Crippen molar-refractivity contribution in [2.75, 3.05) is 6.67 Å². The molecule has 1 aromatic carbocycles. The van der Waals surface area contributed by atoms with Gasteiger partial charge in [0.15, 0.2) is 0 Å². The second kappa shape index (κ2) is 3.54. The van der Waals surface area contributed by atoms with Crippen LogP contribution in [0.4, 0.5) is 4.39 Å². The van der Waals surface area contributed by atoms with Gasteiger partial charge in [-0.1, -0.05) is 12.1 Å². The number of hydrogen-bond donors (Lipinski definition) is 2. The molecule has 0 heterocycles. The minimum atomic E-state index is -0.579. The summed E-state index contributed by atoms with van der Waals surface area (Å²) in [7, 11) is 0. The van der Waals surface area contributed by atoms with Crippen molar-refractivity contribution in [3.63, 3.8) is 0 Å². The molecule has 0 aliphatic carbocycles. The van der Waals surface area contributed by atoms with Gasteiger partial charge < -0.3 is 10.8 Å². The first kappa shape index (κ1) is 9.00. The van der Waals surface area contributed by atoms with Gasteiger partial charge in [-0.25, -0.2) is 4.39 Å². The van der Waals surface area contributed by atoms with Gasteiger partial charge in [0.05, 0.1) is 6.04 Å². The van der Waals surface area contributed by atoms with E-state index in [4.69, 9.17) is 10.8 Å². The Bertz CT molecular complexity index is 275. The molecule has 0 aliphatic heterocycles. The summed E-state index contributed by atoms with van der Waals surface area (Å²) in [5.74, 6) is 0.213. The summed E-state index contributed by atoms with van der Waals surface area (Å²) in [5.41, 5.74) is 6.89. The van der Waals surface area contributed by atoms with Gasteiger partial charge in [-0.2, -0.15) is 0 Å². The fraction of sp³-hybridized carbons (Fsp3) is 0.333. The van der Waals surface area contributed by atoms with Gasteiger partial charge in [-0.15, -0.1) is 0 Å². The summed E-state index contributed by atoms with van der Waals surface area (Å²) in [4.78, 5) is 0. The van der Waals surface area contributed by atoms with Gasteiger partial charge in [0.1, 0.15) is 12.4 Å². The van der Waals surface area contributed by atoms with E-state index >= 15 is 0 Å². The molecule has 2 nitrogen and oxygen atoms in total. The van der Waals surface area contributed by atoms with E-state index in [9.17, 15) is 4.39 Å². The van der Waals surface area contributed by atoms with E-state index in [1.807, 2.05) is 0 Å². The van der Waals surface area contributed by atoms with Crippen molar-refractivity contribution in [3.8, 4) is 5.75 Å². The molecule has 0 radical (unpaired) electrons. The van der Waals surface area contributed by atoms with Crippen LogP contribution in [0.15, 0.2) is 18.2 Å². The topological polar surface area (TPSA) is 46.2 Å². The van der Waals surface area contributed by atoms with Crippen molar-refractivity contribution in [2.24, 2.45) is 5.73 Å². The second-order valence-corrected chi connectivity index (χ2v) is 2.81. The maximum Gasteiger partial charge on any atom is 0.118 e. The van der Waals surface area contributed by atoms with Crippen LogP contribution in [0.5, 0.6) is 5.75 Å². The quantitative estimate of drug-likeness (QED) is 0.707. The van der Waals surface area contributed by atoms with Crippen molar-refractivity contribution in [1.82, 2.24) is 0 Å². The molecule has 0 amide bonds. The summed E-state index contributed by atoms with van der Waals surface area (Å²) in [6.45, 7) is 1.17. The highest BCUT2D eigenvalue weighted by atomic mass is 19.1. The number of nitrogens with two attached hydrogens (primary N) is 1. The number of phenolic OH excluding ortho intramolecular Hbond substituents is 1. The second-order valence-electron chi connectivity index (χ2n) is 2.81. The minimum absolute atomic E-state index is 0.213. The lowest BCUT2D eigenvalue weighted by Gasteiger charge is -2.08. The summed E-state index contributed by atoms with van der Waals surface area (Å²) in [6.07, 6.45) is 0. The highest BCUT2D eigenvalue weighted by Gasteiger charge is 2.06. The first-order valence-electron chi connectivity index (χ1n) is 3.76. The molecule has 0 saturated carbocycles. The van der Waals surface area contributed by atoms with Gasteiger partial charge in [0.25, 0.3) is 0 Å². The maximum atomic E-state index is 12.1. The summed E-state index contributed by atoms with van der Waals surface area (Å²) < 4.78 is 12.1. The van der Waals surface area contributed by atoms with E-state index in [-0.39, 0.29) is 5.75 Å². The van der Waals surface area contributed by atoms with Crippen LogP contribution in [0.1, 0.15) is 17.2 Å². The largest absolute Gasteiger partial charge is 0.508 e. The zero-order chi connectivity index (χ0) is 9.14. The number of hydrogen-bond acceptors (Lipinski definition) is 2. The molecule has 66 valence electrons. The molecule has 12 heavy (non-hydrogen) atoms. The third-order valence-corrected chi connectivity index (χ3v) is 1.82. The third-order valence-electron chi connectivity index (χ3n) is 1.82. The van der Waals surface area contributed by atoms with Gasteiger partial charge in [-0.05, 0) is 24.1 Å². The fourth-order valence-electron chi connectivity index (χ4n) is 0.998. The van der Waals surface area contributed by atoms with Gasteiger partial charge in [-0.3, -0.25) is 0 Å². The maximum absolute atomic E-state index is 12.1. The molecule has 1 rings (SSSR count). The van der Waals surface area contributed by atoms with E-state index in [1.165, 1.54) is 6.07 Å². The Labute approximate surface area is 70.8 Å². The molecule has 0 spiro atoms. The Balaban J connectivity index is 2.96. The lowest BCUT2D eigenvalue weighted by atomic mass is 10.1. The SMILES string of the molecule is Cc1cc(C(N)CF)ccc1O. The van der Waals surface area contributed by atoms with Crippen LogP contribution in [0.2, 0.25) is 0 Å². The molecule has 1 atom stereocenters. The number of aryl methyl sites for hydroxylation is 1. The van der Waals surface area contributed by atoms with E-state index in [1.54, 1.807) is 19.1 Å². The average Bonchev–Trinajstić information content (AvgIpc) is 2.08. The van der Waals surface area contributed by atoms with Crippen LogP contribution in [0, 0.1) is 6.92 Å². The normalized spacial score (nSPS) is 12.9. The zero-order valence-corrected chi connectivity index (χ0v) is 6.92. The Kier molecular flexibility index (Phi) is 2.65. The van der Waals surface area contributed by atoms with E-state index in [0.717, 1.165) is 5.56 Å². The van der Waals surface area contributed by atoms with E-state index < -0.39 is 12.7 Å². The minimum Gasteiger partial charge on any atom is -0.508 e. The Morgan fingerprint density at radius 2 is 2.25 bits per heavy atom. The molecule has 1 unspecified atom stereocenters. The number of alkyl halides is 1. The van der Waals surface area contributed by atoms with Gasteiger partial charge in [0.2, 0.25) is 0 Å². The molecule has 0 aromatic heterocycles. The van der Waals surface area contributed by atoms with Gasteiger partial charge in [0, 0.05) is 0 Å². The van der Waals surface area contributed by atoms with Crippen molar-refractivity contribution in [2.45, 2.75) is 13.0 Å². The molecule has 0 fully saturated rings. The van der Waals surface area contributed by atoms with Crippen LogP contribution in [0.25, 0.3) is 0 Å². The zero-order valence-electron chi connectivity index (χ0n) is 6.92. The predicted octanol–water partition coefficient (Wildman–Crippen LogP) is 1.67. The number of phenols is 1. The Morgan fingerprint density at radius 3 is 2.75 bits per heavy atom. The Morgan fingerprint density at radius 1 is 1.58 bits per heavy atom. The van der Waals surface area contributed by atoms with Crippen LogP contribution < -0.4 is 5.73 Å².